The number of rotatable bonds is 5. The number of hydrazone groups is 1. The van der Waals surface area contributed by atoms with E-state index in [2.05, 4.69) is 10.5 Å². The first-order chi connectivity index (χ1) is 11.7. The molecule has 0 aliphatic carbocycles. The summed E-state index contributed by atoms with van der Waals surface area (Å²) in [6.45, 7) is 0. The van der Waals surface area contributed by atoms with Crippen LogP contribution in [0.1, 0.15) is 15.4 Å². The number of carbonyl (C=O) groups excluding carboxylic acids is 1. The second kappa shape index (κ2) is 7.52. The Kier molecular flexibility index (Phi) is 4.98. The molecule has 0 bridgehead atoms. The lowest BCUT2D eigenvalue weighted by molar-refractivity contribution is 0.0959. The van der Waals surface area contributed by atoms with Crippen LogP contribution in [0, 0.1) is 5.82 Å². The minimum atomic E-state index is -0.295. The Morgan fingerprint density at radius 1 is 1.17 bits per heavy atom. The number of hydrogen-bond donors (Lipinski definition) is 1. The van der Waals surface area contributed by atoms with Crippen LogP contribution < -0.4 is 5.43 Å². The van der Waals surface area contributed by atoms with E-state index in [0.29, 0.717) is 10.6 Å². The molecular weight excluding hydrogens is 327 g/mol. The molecule has 0 unspecified atom stereocenters. The fraction of sp³-hybridized carbons (Fsp3) is 0. The molecule has 1 amide bonds. The summed E-state index contributed by atoms with van der Waals surface area (Å²) in [4.78, 5) is 13.4. The minimum absolute atomic E-state index is 0.287. The Labute approximate surface area is 141 Å². The highest BCUT2D eigenvalue weighted by molar-refractivity contribution is 7.17. The van der Waals surface area contributed by atoms with Crippen LogP contribution in [0.25, 0.3) is 16.5 Å². The number of halogens is 1. The van der Waals surface area contributed by atoms with Crippen LogP contribution in [-0.4, -0.2) is 12.1 Å². The molecule has 0 aliphatic heterocycles. The van der Waals surface area contributed by atoms with E-state index in [1.807, 2.05) is 12.1 Å². The van der Waals surface area contributed by atoms with E-state index in [-0.39, 0.29) is 11.7 Å². The zero-order chi connectivity index (χ0) is 16.8. The monoisotopic (exact) mass is 340 g/mol. The molecule has 1 N–H and O–H groups in total. The van der Waals surface area contributed by atoms with E-state index >= 15 is 0 Å². The van der Waals surface area contributed by atoms with Gasteiger partial charge >= 0.3 is 0 Å². The molecule has 0 aliphatic rings. The van der Waals surface area contributed by atoms with Gasteiger partial charge in [0, 0.05) is 11.1 Å². The molecule has 6 heteroatoms. The molecule has 0 atom stereocenters. The molecule has 4 nitrogen and oxygen atoms in total. The van der Waals surface area contributed by atoms with Gasteiger partial charge in [-0.1, -0.05) is 12.1 Å². The number of hydrogen-bond acceptors (Lipinski definition) is 4. The average molecular weight is 340 g/mol. The fourth-order valence-corrected chi connectivity index (χ4v) is 2.85. The molecule has 2 aromatic heterocycles. The third-order valence-electron chi connectivity index (χ3n) is 3.09. The van der Waals surface area contributed by atoms with E-state index < -0.39 is 0 Å². The van der Waals surface area contributed by atoms with E-state index in [9.17, 15) is 9.18 Å². The van der Waals surface area contributed by atoms with Gasteiger partial charge in [0.15, 0.2) is 0 Å². The second-order valence-electron chi connectivity index (χ2n) is 4.76. The van der Waals surface area contributed by atoms with Crippen molar-refractivity contribution in [2.75, 3.05) is 0 Å². The van der Waals surface area contributed by atoms with E-state index in [4.69, 9.17) is 4.42 Å². The van der Waals surface area contributed by atoms with Crippen molar-refractivity contribution in [3.8, 4) is 10.4 Å². The summed E-state index contributed by atoms with van der Waals surface area (Å²) in [6, 6.07) is 13.3. The topological polar surface area (TPSA) is 54.6 Å². The van der Waals surface area contributed by atoms with Crippen molar-refractivity contribution in [3.63, 3.8) is 0 Å². The van der Waals surface area contributed by atoms with Crippen LogP contribution in [0.4, 0.5) is 4.39 Å². The van der Waals surface area contributed by atoms with Gasteiger partial charge in [0.2, 0.25) is 0 Å². The molecule has 0 spiro atoms. The van der Waals surface area contributed by atoms with Gasteiger partial charge in [-0.3, -0.25) is 4.79 Å². The van der Waals surface area contributed by atoms with Crippen LogP contribution >= 0.6 is 11.3 Å². The normalized spacial score (nSPS) is 11.4. The van der Waals surface area contributed by atoms with Gasteiger partial charge < -0.3 is 4.42 Å². The Bertz CT molecular complexity index is 865. The molecule has 120 valence electrons. The summed E-state index contributed by atoms with van der Waals surface area (Å²) >= 11 is 1.32. The van der Waals surface area contributed by atoms with Gasteiger partial charge in [-0.2, -0.15) is 5.10 Å². The highest BCUT2D eigenvalue weighted by Crippen LogP contribution is 2.28. The van der Waals surface area contributed by atoms with Crippen molar-refractivity contribution < 1.29 is 13.6 Å². The number of nitrogens with one attached hydrogen (secondary N) is 1. The van der Waals surface area contributed by atoms with Gasteiger partial charge in [0.25, 0.3) is 5.91 Å². The molecule has 3 aromatic rings. The first-order valence-corrected chi connectivity index (χ1v) is 7.93. The molecule has 0 saturated heterocycles. The van der Waals surface area contributed by atoms with Crippen molar-refractivity contribution in [3.05, 3.63) is 77.3 Å². The second-order valence-corrected chi connectivity index (χ2v) is 5.85. The summed E-state index contributed by atoms with van der Waals surface area (Å²) in [6.07, 6.45) is 6.44. The van der Waals surface area contributed by atoms with Crippen molar-refractivity contribution >= 4 is 29.5 Å². The smallest absolute Gasteiger partial charge is 0.281 e. The number of carbonyl (C=O) groups is 1. The molecule has 2 heterocycles. The Morgan fingerprint density at radius 2 is 2.00 bits per heavy atom. The summed E-state index contributed by atoms with van der Waals surface area (Å²) in [5.41, 5.74) is 3.32. The van der Waals surface area contributed by atoms with Gasteiger partial charge in [0.1, 0.15) is 11.6 Å². The highest BCUT2D eigenvalue weighted by Gasteiger charge is 2.09. The maximum absolute atomic E-state index is 12.9. The van der Waals surface area contributed by atoms with Crippen molar-refractivity contribution in [2.24, 2.45) is 5.10 Å². The quantitative estimate of drug-likeness (QED) is 0.546. The lowest BCUT2D eigenvalue weighted by Crippen LogP contribution is -2.15. The zero-order valence-electron chi connectivity index (χ0n) is 12.5. The SMILES string of the molecule is O=C(NN=CC=Cc1ccco1)c1ccc(-c2ccc(F)cc2)s1. The molecule has 0 fully saturated rings. The van der Waals surface area contributed by atoms with Crippen LogP contribution in [0.5, 0.6) is 0 Å². The number of thiophene rings is 1. The number of furan rings is 1. The lowest BCUT2D eigenvalue weighted by atomic mass is 10.2. The van der Waals surface area contributed by atoms with Crippen molar-refractivity contribution in [1.29, 1.82) is 0 Å². The summed E-state index contributed by atoms with van der Waals surface area (Å²) in [5, 5.41) is 3.84. The van der Waals surface area contributed by atoms with E-state index in [0.717, 1.165) is 10.4 Å². The van der Waals surface area contributed by atoms with Gasteiger partial charge in [-0.05, 0) is 54.1 Å². The standard InChI is InChI=1S/C18H13FN2O2S/c19-14-7-5-13(6-8-14)16-9-10-17(24-16)18(22)21-20-11-1-3-15-4-2-12-23-15/h1-12H,(H,21,22). The third kappa shape index (κ3) is 4.05. The third-order valence-corrected chi connectivity index (χ3v) is 4.22. The first-order valence-electron chi connectivity index (χ1n) is 7.12. The summed E-state index contributed by atoms with van der Waals surface area (Å²) < 4.78 is 18.1. The molecule has 0 radical (unpaired) electrons. The molecule has 3 rings (SSSR count). The predicted octanol–water partition coefficient (Wildman–Crippen LogP) is 4.58. The van der Waals surface area contributed by atoms with E-state index in [1.165, 1.54) is 29.7 Å². The summed E-state index contributed by atoms with van der Waals surface area (Å²) in [7, 11) is 0. The summed E-state index contributed by atoms with van der Waals surface area (Å²) in [5.74, 6) is 0.121. The fourth-order valence-electron chi connectivity index (χ4n) is 1.95. The minimum Gasteiger partial charge on any atom is -0.465 e. The maximum atomic E-state index is 12.9. The van der Waals surface area contributed by atoms with Crippen LogP contribution in [0.2, 0.25) is 0 Å². The van der Waals surface area contributed by atoms with Gasteiger partial charge in [-0.15, -0.1) is 11.3 Å². The van der Waals surface area contributed by atoms with Crippen LogP contribution in [0.15, 0.2) is 70.4 Å². The van der Waals surface area contributed by atoms with E-state index in [1.54, 1.807) is 42.7 Å². The number of amides is 1. The molecule has 0 saturated carbocycles. The Balaban J connectivity index is 1.58. The molecule has 1 aromatic carbocycles. The number of benzene rings is 1. The Hall–Kier alpha value is -2.99. The van der Waals surface area contributed by atoms with Crippen LogP contribution in [0.3, 0.4) is 0 Å². The molecule has 24 heavy (non-hydrogen) atoms. The number of allylic oxidation sites excluding steroid dienone is 1. The van der Waals surface area contributed by atoms with Crippen molar-refractivity contribution in [1.82, 2.24) is 5.43 Å². The van der Waals surface area contributed by atoms with Gasteiger partial charge in [0.05, 0.1) is 11.1 Å². The molecular formula is C18H13FN2O2S. The first kappa shape index (κ1) is 15.9. The van der Waals surface area contributed by atoms with Gasteiger partial charge in [-0.25, -0.2) is 9.82 Å². The van der Waals surface area contributed by atoms with Crippen molar-refractivity contribution in [2.45, 2.75) is 0 Å². The maximum Gasteiger partial charge on any atom is 0.281 e. The highest BCUT2D eigenvalue weighted by atomic mass is 32.1. The lowest BCUT2D eigenvalue weighted by Gasteiger charge is -1.97. The Morgan fingerprint density at radius 3 is 2.75 bits per heavy atom. The largest absolute Gasteiger partial charge is 0.465 e. The number of nitrogens with zero attached hydrogens (tertiary/aromatic N) is 1. The zero-order valence-corrected chi connectivity index (χ0v) is 13.3. The average Bonchev–Trinajstić information content (AvgIpc) is 3.27. The van der Waals surface area contributed by atoms with Crippen LogP contribution in [-0.2, 0) is 0 Å². The predicted molar refractivity (Wildman–Crippen MR) is 93.4 cm³/mol.